The van der Waals surface area contributed by atoms with Crippen LogP contribution in [0.25, 0.3) is 0 Å². The molecule has 0 aliphatic rings. The van der Waals surface area contributed by atoms with Crippen LogP contribution in [-0.4, -0.2) is 37.8 Å². The van der Waals surface area contributed by atoms with Crippen LogP contribution < -0.4 is 10.6 Å². The molecule has 0 aliphatic carbocycles. The fourth-order valence-corrected chi connectivity index (χ4v) is 3.52. The van der Waals surface area contributed by atoms with E-state index in [-0.39, 0.29) is 20.7 Å². The van der Waals surface area contributed by atoms with Gasteiger partial charge in [0, 0.05) is 19.7 Å². The molecule has 1 amide bonds. The summed E-state index contributed by atoms with van der Waals surface area (Å²) < 4.78 is 25.4. The third-order valence-electron chi connectivity index (χ3n) is 3.38. The highest BCUT2D eigenvalue weighted by atomic mass is 35.5. The fourth-order valence-electron chi connectivity index (χ4n) is 2.08. The van der Waals surface area contributed by atoms with Crippen LogP contribution in [-0.2, 0) is 10.0 Å². The van der Waals surface area contributed by atoms with E-state index in [9.17, 15) is 13.2 Å². The summed E-state index contributed by atoms with van der Waals surface area (Å²) in [7, 11) is -0.825. The van der Waals surface area contributed by atoms with Gasteiger partial charge in [0.2, 0.25) is 10.0 Å². The van der Waals surface area contributed by atoms with Crippen molar-refractivity contribution in [2.24, 2.45) is 5.73 Å². The smallest absolute Gasteiger partial charge is 0.264 e. The minimum absolute atomic E-state index is 0.00120. The molecule has 0 saturated heterocycles. The van der Waals surface area contributed by atoms with E-state index in [1.54, 1.807) is 30.3 Å². The number of amides is 1. The van der Waals surface area contributed by atoms with Gasteiger partial charge in [0.25, 0.3) is 5.91 Å². The first-order valence-corrected chi connectivity index (χ1v) is 9.30. The minimum Gasteiger partial charge on any atom is -0.376 e. The molecule has 0 spiro atoms. The molecule has 0 bridgehead atoms. The second-order valence-electron chi connectivity index (χ2n) is 5.25. The van der Waals surface area contributed by atoms with Gasteiger partial charge in [0.05, 0.1) is 15.6 Å². The van der Waals surface area contributed by atoms with Crippen LogP contribution in [0.15, 0.2) is 53.4 Å². The lowest BCUT2D eigenvalue weighted by molar-refractivity contribution is 0.100. The molecule has 6 nitrogen and oxygen atoms in total. The van der Waals surface area contributed by atoms with Crippen molar-refractivity contribution in [1.82, 2.24) is 4.31 Å². The lowest BCUT2D eigenvalue weighted by Gasteiger charge is -2.23. The van der Waals surface area contributed by atoms with Gasteiger partial charge in [-0.1, -0.05) is 29.8 Å². The van der Waals surface area contributed by atoms with Gasteiger partial charge in [-0.15, -0.1) is 0 Å². The molecule has 2 N–H and O–H groups in total. The third kappa shape index (κ3) is 3.98. The molecular formula is C16H16ClN3O3S2. The maximum atomic E-state index is 12.7. The second-order valence-corrected chi connectivity index (χ2v) is 8.22. The SMILES string of the molecule is CN(C)S(=O)(=O)c1ccc(N(C(=O)c2ccccc2)C(N)=S)c(Cl)c1. The lowest BCUT2D eigenvalue weighted by Crippen LogP contribution is -2.41. The summed E-state index contributed by atoms with van der Waals surface area (Å²) in [4.78, 5) is 13.8. The zero-order chi connectivity index (χ0) is 18.8. The number of halogens is 1. The highest BCUT2D eigenvalue weighted by Gasteiger charge is 2.25. The van der Waals surface area contributed by atoms with E-state index in [2.05, 4.69) is 0 Å². The maximum Gasteiger partial charge on any atom is 0.264 e. The number of carbonyl (C=O) groups is 1. The summed E-state index contributed by atoms with van der Waals surface area (Å²) >= 11 is 11.2. The highest BCUT2D eigenvalue weighted by Crippen LogP contribution is 2.30. The predicted octanol–water partition coefficient (Wildman–Crippen LogP) is 2.48. The van der Waals surface area contributed by atoms with Gasteiger partial charge < -0.3 is 5.73 Å². The summed E-state index contributed by atoms with van der Waals surface area (Å²) in [6.07, 6.45) is 0. The van der Waals surface area contributed by atoms with Gasteiger partial charge in [-0.05, 0) is 42.5 Å². The molecule has 9 heteroatoms. The molecule has 0 aromatic heterocycles. The molecule has 0 radical (unpaired) electrons. The number of benzene rings is 2. The van der Waals surface area contributed by atoms with Crippen molar-refractivity contribution in [3.8, 4) is 0 Å². The molecule has 2 aromatic rings. The Kier molecular flexibility index (Phi) is 5.79. The Balaban J connectivity index is 2.51. The first kappa shape index (κ1) is 19.3. The van der Waals surface area contributed by atoms with Crippen LogP contribution in [0.3, 0.4) is 0 Å². The second kappa shape index (κ2) is 7.49. The average molecular weight is 398 g/mol. The van der Waals surface area contributed by atoms with Gasteiger partial charge >= 0.3 is 0 Å². The fraction of sp³-hybridized carbons (Fsp3) is 0.125. The molecule has 132 valence electrons. The van der Waals surface area contributed by atoms with E-state index in [4.69, 9.17) is 29.6 Å². The number of thiocarbonyl (C=S) groups is 1. The van der Waals surface area contributed by atoms with Gasteiger partial charge in [0.15, 0.2) is 5.11 Å². The van der Waals surface area contributed by atoms with Crippen LogP contribution in [0.4, 0.5) is 5.69 Å². The number of hydrogen-bond donors (Lipinski definition) is 1. The summed E-state index contributed by atoms with van der Waals surface area (Å²) in [6, 6.07) is 12.4. The Hall–Kier alpha value is -2.00. The van der Waals surface area contributed by atoms with Crippen molar-refractivity contribution in [2.75, 3.05) is 19.0 Å². The van der Waals surface area contributed by atoms with Crippen molar-refractivity contribution in [2.45, 2.75) is 4.90 Å². The van der Waals surface area contributed by atoms with Crippen LogP contribution in [0.2, 0.25) is 5.02 Å². The number of hydrogen-bond acceptors (Lipinski definition) is 4. The first-order chi connectivity index (χ1) is 11.7. The normalized spacial score (nSPS) is 11.4. The van der Waals surface area contributed by atoms with Gasteiger partial charge in [-0.2, -0.15) is 0 Å². The Bertz CT molecular complexity index is 915. The summed E-state index contributed by atoms with van der Waals surface area (Å²) in [5.41, 5.74) is 6.28. The van der Waals surface area contributed by atoms with E-state index >= 15 is 0 Å². The third-order valence-corrected chi connectivity index (χ3v) is 5.68. The monoisotopic (exact) mass is 397 g/mol. The van der Waals surface area contributed by atoms with Crippen molar-refractivity contribution in [1.29, 1.82) is 0 Å². The van der Waals surface area contributed by atoms with Crippen molar-refractivity contribution >= 4 is 50.5 Å². The topological polar surface area (TPSA) is 83.7 Å². The summed E-state index contributed by atoms with van der Waals surface area (Å²) in [5.74, 6) is -0.460. The van der Waals surface area contributed by atoms with E-state index in [1.165, 1.54) is 32.3 Å². The van der Waals surface area contributed by atoms with Crippen molar-refractivity contribution < 1.29 is 13.2 Å². The zero-order valence-corrected chi connectivity index (χ0v) is 15.9. The van der Waals surface area contributed by atoms with Gasteiger partial charge in [-0.3, -0.25) is 9.69 Å². The molecule has 0 saturated carbocycles. The Labute approximate surface area is 156 Å². The van der Waals surface area contributed by atoms with Crippen molar-refractivity contribution in [3.63, 3.8) is 0 Å². The Morgan fingerprint density at radius 1 is 1.12 bits per heavy atom. The molecule has 25 heavy (non-hydrogen) atoms. The van der Waals surface area contributed by atoms with Crippen LogP contribution in [0.5, 0.6) is 0 Å². The molecule has 2 aromatic carbocycles. The van der Waals surface area contributed by atoms with Crippen LogP contribution in [0, 0.1) is 0 Å². The van der Waals surface area contributed by atoms with Gasteiger partial charge in [-0.25, -0.2) is 12.7 Å². The molecule has 0 heterocycles. The minimum atomic E-state index is -3.65. The number of rotatable bonds is 4. The van der Waals surface area contributed by atoms with E-state index < -0.39 is 15.9 Å². The summed E-state index contributed by atoms with van der Waals surface area (Å²) in [5, 5.41) is -0.154. The predicted molar refractivity (Wildman–Crippen MR) is 102 cm³/mol. The molecule has 0 fully saturated rings. The van der Waals surface area contributed by atoms with Crippen LogP contribution in [0.1, 0.15) is 10.4 Å². The van der Waals surface area contributed by atoms with E-state index in [1.807, 2.05) is 0 Å². The molecule has 0 unspecified atom stereocenters. The van der Waals surface area contributed by atoms with Gasteiger partial charge in [0.1, 0.15) is 0 Å². The summed E-state index contributed by atoms with van der Waals surface area (Å²) in [6.45, 7) is 0. The Morgan fingerprint density at radius 3 is 2.20 bits per heavy atom. The van der Waals surface area contributed by atoms with E-state index in [0.717, 1.165) is 9.21 Å². The van der Waals surface area contributed by atoms with Crippen LogP contribution >= 0.6 is 23.8 Å². The Morgan fingerprint density at radius 2 is 1.72 bits per heavy atom. The number of carbonyl (C=O) groups excluding carboxylic acids is 1. The number of nitrogens with two attached hydrogens (primary N) is 1. The largest absolute Gasteiger partial charge is 0.376 e. The number of nitrogens with zero attached hydrogens (tertiary/aromatic N) is 2. The quantitative estimate of drug-likeness (QED) is 0.801. The van der Waals surface area contributed by atoms with E-state index in [0.29, 0.717) is 5.56 Å². The number of anilines is 1. The molecule has 0 aliphatic heterocycles. The lowest BCUT2D eigenvalue weighted by atomic mass is 10.2. The number of sulfonamides is 1. The maximum absolute atomic E-state index is 12.7. The standard InChI is InChI=1S/C16H16ClN3O3S2/c1-19(2)25(22,23)12-8-9-14(13(17)10-12)20(16(18)24)15(21)11-6-4-3-5-7-11/h3-10H,1-2H3,(H2,18,24). The molecular weight excluding hydrogens is 382 g/mol. The zero-order valence-electron chi connectivity index (χ0n) is 13.5. The average Bonchev–Trinajstić information content (AvgIpc) is 2.56. The van der Waals surface area contributed by atoms with Crippen molar-refractivity contribution in [3.05, 3.63) is 59.1 Å². The highest BCUT2D eigenvalue weighted by molar-refractivity contribution is 7.89. The molecule has 2 rings (SSSR count). The molecule has 0 atom stereocenters. The first-order valence-electron chi connectivity index (χ1n) is 7.07.